The van der Waals surface area contributed by atoms with Crippen molar-refractivity contribution >= 4 is 6.09 Å². The second-order valence-electron chi connectivity index (χ2n) is 7.74. The van der Waals surface area contributed by atoms with Gasteiger partial charge in [0.1, 0.15) is 5.60 Å². The van der Waals surface area contributed by atoms with Crippen LogP contribution in [0, 0.1) is 16.7 Å². The van der Waals surface area contributed by atoms with Crippen LogP contribution in [0.2, 0.25) is 0 Å². The Morgan fingerprint density at radius 3 is 2.48 bits per heavy atom. The molecule has 0 heterocycles. The lowest BCUT2D eigenvalue weighted by atomic mass is 9.74. The number of nitriles is 1. The van der Waals surface area contributed by atoms with Crippen LogP contribution >= 0.6 is 0 Å². The summed E-state index contributed by atoms with van der Waals surface area (Å²) in [7, 11) is 0. The third kappa shape index (κ3) is 6.39. The predicted molar refractivity (Wildman–Crippen MR) is 95.8 cm³/mol. The van der Waals surface area contributed by atoms with Gasteiger partial charge in [-0.05, 0) is 52.0 Å². The first-order chi connectivity index (χ1) is 11.8. The molecular formula is C20H28N2O3. The molecule has 0 atom stereocenters. The van der Waals surface area contributed by atoms with Crippen LogP contribution in [0.3, 0.4) is 0 Å². The van der Waals surface area contributed by atoms with Crippen molar-refractivity contribution in [2.45, 2.75) is 64.8 Å². The smallest absolute Gasteiger partial charge is 0.407 e. The van der Waals surface area contributed by atoms with Gasteiger partial charge in [-0.1, -0.05) is 30.3 Å². The maximum atomic E-state index is 11.8. The summed E-state index contributed by atoms with van der Waals surface area (Å²) in [6, 6.07) is 12.5. The van der Waals surface area contributed by atoms with Gasteiger partial charge in [-0.15, -0.1) is 0 Å². The number of amides is 1. The molecule has 1 aliphatic carbocycles. The van der Waals surface area contributed by atoms with E-state index >= 15 is 0 Å². The highest BCUT2D eigenvalue weighted by Crippen LogP contribution is 2.36. The summed E-state index contributed by atoms with van der Waals surface area (Å²) >= 11 is 0. The normalized spacial score (nSPS) is 23.5. The van der Waals surface area contributed by atoms with Crippen LogP contribution in [0.25, 0.3) is 0 Å². The van der Waals surface area contributed by atoms with E-state index in [1.54, 1.807) is 0 Å². The first kappa shape index (κ1) is 19.3. The third-order valence-corrected chi connectivity index (χ3v) is 4.43. The van der Waals surface area contributed by atoms with Gasteiger partial charge in [0.2, 0.25) is 0 Å². The number of carbonyl (C=O) groups is 1. The topological polar surface area (TPSA) is 71.3 Å². The van der Waals surface area contributed by atoms with Gasteiger partial charge in [-0.25, -0.2) is 4.79 Å². The fourth-order valence-corrected chi connectivity index (χ4v) is 2.98. The fourth-order valence-electron chi connectivity index (χ4n) is 2.98. The number of ether oxygens (including phenoxy) is 2. The number of nitrogens with one attached hydrogen (secondary N) is 1. The molecule has 5 nitrogen and oxygen atoms in total. The minimum atomic E-state index is -0.535. The van der Waals surface area contributed by atoms with Gasteiger partial charge in [0.05, 0.1) is 24.2 Å². The first-order valence-corrected chi connectivity index (χ1v) is 8.86. The lowest BCUT2D eigenvalue weighted by molar-refractivity contribution is -0.00302. The molecule has 136 valence electrons. The predicted octanol–water partition coefficient (Wildman–Crippen LogP) is 4.18. The summed E-state index contributed by atoms with van der Waals surface area (Å²) in [4.78, 5) is 11.8. The molecule has 1 fully saturated rings. The molecule has 0 unspecified atom stereocenters. The number of carbonyl (C=O) groups excluding carboxylic acids is 1. The zero-order valence-corrected chi connectivity index (χ0v) is 15.4. The maximum absolute atomic E-state index is 11.8. The first-order valence-electron chi connectivity index (χ1n) is 8.86. The van der Waals surface area contributed by atoms with Crippen molar-refractivity contribution in [1.29, 1.82) is 5.26 Å². The van der Waals surface area contributed by atoms with Crippen LogP contribution in [-0.4, -0.2) is 24.3 Å². The van der Waals surface area contributed by atoms with Gasteiger partial charge in [0, 0.05) is 6.54 Å². The molecule has 0 spiro atoms. The molecule has 1 aromatic rings. The Bertz CT molecular complexity index is 594. The van der Waals surface area contributed by atoms with Crippen molar-refractivity contribution in [3.63, 3.8) is 0 Å². The molecule has 1 N–H and O–H groups in total. The van der Waals surface area contributed by atoms with Crippen molar-refractivity contribution in [1.82, 2.24) is 5.32 Å². The second kappa shape index (κ2) is 8.35. The Hall–Kier alpha value is -2.06. The highest BCUT2D eigenvalue weighted by molar-refractivity contribution is 5.67. The lowest BCUT2D eigenvalue weighted by Gasteiger charge is -2.35. The van der Waals surface area contributed by atoms with Crippen LogP contribution in [0.15, 0.2) is 30.3 Å². The van der Waals surface area contributed by atoms with Crippen molar-refractivity contribution in [3.05, 3.63) is 35.9 Å². The fraction of sp³-hybridized carbons (Fsp3) is 0.600. The average molecular weight is 344 g/mol. The van der Waals surface area contributed by atoms with Gasteiger partial charge >= 0.3 is 6.09 Å². The molecule has 25 heavy (non-hydrogen) atoms. The van der Waals surface area contributed by atoms with E-state index in [1.165, 1.54) is 0 Å². The van der Waals surface area contributed by atoms with Gasteiger partial charge in [0.25, 0.3) is 0 Å². The van der Waals surface area contributed by atoms with Crippen molar-refractivity contribution in [3.8, 4) is 6.07 Å². The van der Waals surface area contributed by atoms with E-state index in [0.29, 0.717) is 13.2 Å². The van der Waals surface area contributed by atoms with E-state index in [1.807, 2.05) is 51.1 Å². The van der Waals surface area contributed by atoms with Crippen LogP contribution < -0.4 is 5.32 Å². The molecule has 0 bridgehead atoms. The van der Waals surface area contributed by atoms with Crippen molar-refractivity contribution in [2.75, 3.05) is 6.54 Å². The van der Waals surface area contributed by atoms with Crippen LogP contribution in [0.5, 0.6) is 0 Å². The van der Waals surface area contributed by atoms with Crippen molar-refractivity contribution < 1.29 is 14.3 Å². The standard InChI is InChI=1S/C20H28N2O3/c1-19(2,3)25-18(23)22-15-20(14-21)11-9-17(10-12-20)24-13-16-7-5-4-6-8-16/h4-8,17H,9-13,15H2,1-3H3,(H,22,23). The van der Waals surface area contributed by atoms with E-state index in [9.17, 15) is 10.1 Å². The summed E-state index contributed by atoms with van der Waals surface area (Å²) in [5.74, 6) is 0. The summed E-state index contributed by atoms with van der Waals surface area (Å²) < 4.78 is 11.2. The molecule has 1 aliphatic rings. The number of hydrogen-bond donors (Lipinski definition) is 1. The molecule has 2 rings (SSSR count). The highest BCUT2D eigenvalue weighted by atomic mass is 16.6. The molecule has 0 aliphatic heterocycles. The molecular weight excluding hydrogens is 316 g/mol. The summed E-state index contributed by atoms with van der Waals surface area (Å²) in [5, 5.41) is 12.3. The Balaban J connectivity index is 1.77. The molecule has 0 aromatic heterocycles. The quantitative estimate of drug-likeness (QED) is 0.870. The van der Waals surface area contributed by atoms with Crippen molar-refractivity contribution in [2.24, 2.45) is 5.41 Å². The van der Waals surface area contributed by atoms with Gasteiger partial charge in [-0.2, -0.15) is 5.26 Å². The highest BCUT2D eigenvalue weighted by Gasteiger charge is 2.36. The van der Waals surface area contributed by atoms with E-state index in [2.05, 4.69) is 11.4 Å². The zero-order valence-electron chi connectivity index (χ0n) is 15.4. The summed E-state index contributed by atoms with van der Waals surface area (Å²) in [6.45, 7) is 6.39. The molecule has 1 aromatic carbocycles. The Morgan fingerprint density at radius 2 is 1.92 bits per heavy atom. The summed E-state index contributed by atoms with van der Waals surface area (Å²) in [5.41, 5.74) is 0.0993. The minimum absolute atomic E-state index is 0.170. The zero-order chi connectivity index (χ0) is 18.3. The molecule has 5 heteroatoms. The number of alkyl carbamates (subject to hydrolysis) is 1. The lowest BCUT2D eigenvalue weighted by Crippen LogP contribution is -2.42. The number of hydrogen-bond acceptors (Lipinski definition) is 4. The molecule has 0 saturated heterocycles. The SMILES string of the molecule is CC(C)(C)OC(=O)NCC1(C#N)CCC(OCc2ccccc2)CC1. The molecule has 0 radical (unpaired) electrons. The van der Waals surface area contributed by atoms with E-state index in [0.717, 1.165) is 31.2 Å². The van der Waals surface area contributed by atoms with E-state index in [4.69, 9.17) is 9.47 Å². The van der Waals surface area contributed by atoms with Gasteiger partial charge in [0.15, 0.2) is 0 Å². The van der Waals surface area contributed by atoms with Gasteiger partial charge in [-0.3, -0.25) is 0 Å². The minimum Gasteiger partial charge on any atom is -0.444 e. The average Bonchev–Trinajstić information content (AvgIpc) is 2.59. The monoisotopic (exact) mass is 344 g/mol. The third-order valence-electron chi connectivity index (χ3n) is 4.43. The number of benzene rings is 1. The Morgan fingerprint density at radius 1 is 1.28 bits per heavy atom. The van der Waals surface area contributed by atoms with E-state index in [-0.39, 0.29) is 6.10 Å². The van der Waals surface area contributed by atoms with Crippen LogP contribution in [-0.2, 0) is 16.1 Å². The van der Waals surface area contributed by atoms with Crippen LogP contribution in [0.1, 0.15) is 52.0 Å². The number of rotatable bonds is 5. The Kier molecular flexibility index (Phi) is 6.44. The number of nitrogens with zero attached hydrogens (tertiary/aromatic N) is 1. The Labute approximate surface area is 150 Å². The summed E-state index contributed by atoms with van der Waals surface area (Å²) in [6.07, 6.45) is 2.80. The van der Waals surface area contributed by atoms with E-state index < -0.39 is 17.1 Å². The van der Waals surface area contributed by atoms with Crippen LogP contribution in [0.4, 0.5) is 4.79 Å². The second-order valence-corrected chi connectivity index (χ2v) is 7.74. The largest absolute Gasteiger partial charge is 0.444 e. The molecule has 1 saturated carbocycles. The maximum Gasteiger partial charge on any atom is 0.407 e. The molecule has 1 amide bonds. The van der Waals surface area contributed by atoms with Gasteiger partial charge < -0.3 is 14.8 Å².